The van der Waals surface area contributed by atoms with Gasteiger partial charge in [0.05, 0.1) is 17.7 Å². The molecule has 1 amide bonds. The SMILES string of the molecule is CCOC(=O)[C@@]1(C(C)C)CCN(C(=O)c2cccc(-c3ccccn3)c2C)C1. The molecule has 0 radical (unpaired) electrons. The molecule has 1 fully saturated rings. The van der Waals surface area contributed by atoms with E-state index in [9.17, 15) is 9.59 Å². The van der Waals surface area contributed by atoms with E-state index in [0.29, 0.717) is 31.7 Å². The van der Waals surface area contributed by atoms with Crippen molar-refractivity contribution < 1.29 is 14.3 Å². The molecule has 0 bridgehead atoms. The van der Waals surface area contributed by atoms with Crippen molar-refractivity contribution in [3.8, 4) is 11.3 Å². The van der Waals surface area contributed by atoms with Gasteiger partial charge in [0.25, 0.3) is 5.91 Å². The molecule has 1 aliphatic heterocycles. The van der Waals surface area contributed by atoms with Gasteiger partial charge in [0.1, 0.15) is 0 Å². The van der Waals surface area contributed by atoms with E-state index in [2.05, 4.69) is 4.98 Å². The van der Waals surface area contributed by atoms with Crippen molar-refractivity contribution >= 4 is 11.9 Å². The first kappa shape index (κ1) is 20.1. The maximum Gasteiger partial charge on any atom is 0.314 e. The first-order valence-electron chi connectivity index (χ1n) is 9.88. The van der Waals surface area contributed by atoms with Gasteiger partial charge in [-0.15, -0.1) is 0 Å². The van der Waals surface area contributed by atoms with Gasteiger partial charge >= 0.3 is 5.97 Å². The molecule has 2 heterocycles. The Morgan fingerprint density at radius 2 is 2.00 bits per heavy atom. The Morgan fingerprint density at radius 3 is 2.64 bits per heavy atom. The Hall–Kier alpha value is -2.69. The lowest BCUT2D eigenvalue weighted by Gasteiger charge is -2.31. The van der Waals surface area contributed by atoms with Crippen LogP contribution in [0.15, 0.2) is 42.6 Å². The van der Waals surface area contributed by atoms with Crippen molar-refractivity contribution in [1.29, 1.82) is 0 Å². The smallest absolute Gasteiger partial charge is 0.314 e. The number of esters is 1. The summed E-state index contributed by atoms with van der Waals surface area (Å²) >= 11 is 0. The van der Waals surface area contributed by atoms with Gasteiger partial charge in [0.2, 0.25) is 0 Å². The molecule has 1 atom stereocenters. The third kappa shape index (κ3) is 3.53. The summed E-state index contributed by atoms with van der Waals surface area (Å²) < 4.78 is 5.34. The topological polar surface area (TPSA) is 59.5 Å². The molecule has 1 aromatic heterocycles. The van der Waals surface area contributed by atoms with Crippen LogP contribution in [0.2, 0.25) is 0 Å². The van der Waals surface area contributed by atoms with E-state index in [0.717, 1.165) is 16.8 Å². The van der Waals surface area contributed by atoms with E-state index in [1.807, 2.05) is 64.1 Å². The molecule has 0 unspecified atom stereocenters. The fourth-order valence-electron chi connectivity index (χ4n) is 3.99. The van der Waals surface area contributed by atoms with E-state index in [-0.39, 0.29) is 17.8 Å². The lowest BCUT2D eigenvalue weighted by atomic mass is 9.76. The highest BCUT2D eigenvalue weighted by Gasteiger charge is 2.49. The minimum Gasteiger partial charge on any atom is -0.466 e. The van der Waals surface area contributed by atoms with Crippen molar-refractivity contribution in [2.45, 2.75) is 34.1 Å². The second-order valence-corrected chi connectivity index (χ2v) is 7.70. The monoisotopic (exact) mass is 380 g/mol. The minimum absolute atomic E-state index is 0.0397. The first-order chi connectivity index (χ1) is 13.4. The van der Waals surface area contributed by atoms with E-state index < -0.39 is 5.41 Å². The van der Waals surface area contributed by atoms with Crippen LogP contribution in [-0.2, 0) is 9.53 Å². The van der Waals surface area contributed by atoms with Gasteiger partial charge in [-0.2, -0.15) is 0 Å². The summed E-state index contributed by atoms with van der Waals surface area (Å²) in [7, 11) is 0. The van der Waals surface area contributed by atoms with Crippen LogP contribution in [0.1, 0.15) is 43.1 Å². The summed E-state index contributed by atoms with van der Waals surface area (Å²) in [5.41, 5.74) is 2.74. The van der Waals surface area contributed by atoms with Gasteiger partial charge in [0, 0.05) is 30.4 Å². The Kier molecular flexibility index (Phi) is 5.82. The fourth-order valence-corrected chi connectivity index (χ4v) is 3.99. The normalized spacial score (nSPS) is 19.1. The molecular formula is C23H28N2O3. The molecule has 0 aliphatic carbocycles. The fraction of sp³-hybridized carbons (Fsp3) is 0.435. The molecule has 1 saturated heterocycles. The summed E-state index contributed by atoms with van der Waals surface area (Å²) in [5.74, 6) is -0.133. The number of amides is 1. The Labute approximate surface area is 166 Å². The molecule has 0 saturated carbocycles. The molecule has 0 spiro atoms. The maximum absolute atomic E-state index is 13.3. The molecule has 3 rings (SSSR count). The number of likely N-dealkylation sites (tertiary alicyclic amines) is 1. The van der Waals surface area contributed by atoms with E-state index >= 15 is 0 Å². The molecule has 5 nitrogen and oxygen atoms in total. The Bertz CT molecular complexity index is 863. The Balaban J connectivity index is 1.89. The summed E-state index contributed by atoms with van der Waals surface area (Å²) in [4.78, 5) is 32.2. The molecule has 148 valence electrons. The van der Waals surface area contributed by atoms with Crippen molar-refractivity contribution in [3.63, 3.8) is 0 Å². The van der Waals surface area contributed by atoms with E-state index in [1.54, 1.807) is 11.1 Å². The van der Waals surface area contributed by atoms with Crippen molar-refractivity contribution in [2.75, 3.05) is 19.7 Å². The number of nitrogens with zero attached hydrogens (tertiary/aromatic N) is 2. The predicted molar refractivity (Wildman–Crippen MR) is 109 cm³/mol. The number of rotatable bonds is 5. The summed E-state index contributed by atoms with van der Waals surface area (Å²) in [6.07, 6.45) is 2.38. The van der Waals surface area contributed by atoms with Gasteiger partial charge in [-0.1, -0.05) is 32.0 Å². The van der Waals surface area contributed by atoms with Crippen molar-refractivity contribution in [2.24, 2.45) is 11.3 Å². The van der Waals surface area contributed by atoms with Crippen LogP contribution in [0.3, 0.4) is 0 Å². The third-order valence-electron chi connectivity index (χ3n) is 5.88. The number of ether oxygens (including phenoxy) is 1. The number of hydrogen-bond donors (Lipinski definition) is 0. The zero-order valence-corrected chi connectivity index (χ0v) is 17.1. The van der Waals surface area contributed by atoms with Gasteiger partial charge in [-0.25, -0.2) is 0 Å². The van der Waals surface area contributed by atoms with Crippen LogP contribution in [0, 0.1) is 18.3 Å². The number of carbonyl (C=O) groups is 2. The first-order valence-corrected chi connectivity index (χ1v) is 9.88. The second-order valence-electron chi connectivity index (χ2n) is 7.70. The number of hydrogen-bond acceptors (Lipinski definition) is 4. The molecular weight excluding hydrogens is 352 g/mol. The standard InChI is InChI=1S/C23H28N2O3/c1-5-28-22(27)23(16(2)3)12-14-25(15-23)21(26)19-10-8-9-18(17(19)4)20-11-6-7-13-24-20/h6-11,13,16H,5,12,14-15H2,1-4H3/t23-/m0/s1. The van der Waals surface area contributed by atoms with Crippen LogP contribution in [0.5, 0.6) is 0 Å². The highest BCUT2D eigenvalue weighted by Crippen LogP contribution is 2.40. The molecule has 5 heteroatoms. The Morgan fingerprint density at radius 1 is 1.21 bits per heavy atom. The lowest BCUT2D eigenvalue weighted by Crippen LogP contribution is -2.42. The van der Waals surface area contributed by atoms with Gasteiger partial charge in [-0.05, 0) is 49.9 Å². The van der Waals surface area contributed by atoms with Crippen molar-refractivity contribution in [1.82, 2.24) is 9.88 Å². The lowest BCUT2D eigenvalue weighted by molar-refractivity contribution is -0.157. The van der Waals surface area contributed by atoms with Crippen LogP contribution in [-0.4, -0.2) is 41.5 Å². The molecule has 0 N–H and O–H groups in total. The highest BCUT2D eigenvalue weighted by molar-refractivity contribution is 5.98. The number of aromatic nitrogens is 1. The van der Waals surface area contributed by atoms with Crippen molar-refractivity contribution in [3.05, 3.63) is 53.7 Å². The number of carbonyl (C=O) groups excluding carboxylic acids is 2. The zero-order valence-electron chi connectivity index (χ0n) is 17.1. The van der Waals surface area contributed by atoms with Gasteiger partial charge in [0.15, 0.2) is 0 Å². The van der Waals surface area contributed by atoms with Crippen LogP contribution in [0.25, 0.3) is 11.3 Å². The summed E-state index contributed by atoms with van der Waals surface area (Å²) in [6, 6.07) is 11.5. The largest absolute Gasteiger partial charge is 0.466 e. The van der Waals surface area contributed by atoms with Gasteiger partial charge in [-0.3, -0.25) is 14.6 Å². The number of pyridine rings is 1. The molecule has 1 aliphatic rings. The average molecular weight is 380 g/mol. The third-order valence-corrected chi connectivity index (χ3v) is 5.88. The maximum atomic E-state index is 13.3. The quantitative estimate of drug-likeness (QED) is 0.733. The van der Waals surface area contributed by atoms with E-state index in [1.165, 1.54) is 0 Å². The minimum atomic E-state index is -0.627. The second kappa shape index (κ2) is 8.13. The highest BCUT2D eigenvalue weighted by atomic mass is 16.5. The molecule has 1 aromatic carbocycles. The summed E-state index contributed by atoms with van der Waals surface area (Å²) in [5, 5.41) is 0. The van der Waals surface area contributed by atoms with Gasteiger partial charge < -0.3 is 9.64 Å². The molecule has 2 aromatic rings. The van der Waals surface area contributed by atoms with Crippen LogP contribution < -0.4 is 0 Å². The van der Waals surface area contributed by atoms with E-state index in [4.69, 9.17) is 4.74 Å². The zero-order chi connectivity index (χ0) is 20.3. The summed E-state index contributed by atoms with van der Waals surface area (Å²) in [6.45, 7) is 9.13. The predicted octanol–water partition coefficient (Wildman–Crippen LogP) is 4.11. The molecule has 28 heavy (non-hydrogen) atoms. The van der Waals surface area contributed by atoms with Crippen LogP contribution in [0.4, 0.5) is 0 Å². The average Bonchev–Trinajstić information content (AvgIpc) is 3.15. The van der Waals surface area contributed by atoms with Crippen LogP contribution >= 0.6 is 0 Å². The number of benzene rings is 1.